The number of amides is 1. The summed E-state index contributed by atoms with van der Waals surface area (Å²) in [6.07, 6.45) is 5.47. The van der Waals surface area contributed by atoms with Crippen LogP contribution in [0.3, 0.4) is 0 Å². The zero-order valence-corrected chi connectivity index (χ0v) is 17.2. The molecule has 3 aromatic heterocycles. The van der Waals surface area contributed by atoms with Crippen molar-refractivity contribution in [3.05, 3.63) is 41.8 Å². The third-order valence-corrected chi connectivity index (χ3v) is 6.68. The van der Waals surface area contributed by atoms with E-state index in [0.29, 0.717) is 23.4 Å². The third-order valence-electron chi connectivity index (χ3n) is 5.86. The fraction of sp³-hybridized carbons (Fsp3) is 0.450. The first-order valence-electron chi connectivity index (χ1n) is 9.79. The number of fused-ring (bicyclic) bond motifs is 3. The van der Waals surface area contributed by atoms with Crippen LogP contribution in [0.15, 0.2) is 34.2 Å². The monoisotopic (exact) mass is 410 g/mol. The molecule has 0 radical (unpaired) electrons. The average Bonchev–Trinajstić information content (AvgIpc) is 3.43. The zero-order chi connectivity index (χ0) is 20.0. The molecule has 5 rings (SSSR count). The van der Waals surface area contributed by atoms with E-state index in [2.05, 4.69) is 24.7 Å². The SMILES string of the molecule is Cc1nc(SCC(=O)N2C[C@H]3CCc4nnc(-c5ccncc5)n4[C@H]3C2)oc1C. The molecule has 2 atom stereocenters. The Morgan fingerprint density at radius 2 is 2.07 bits per heavy atom. The lowest BCUT2D eigenvalue weighted by Crippen LogP contribution is -2.30. The number of nitrogens with zero attached hydrogens (tertiary/aromatic N) is 6. The summed E-state index contributed by atoms with van der Waals surface area (Å²) in [5.41, 5.74) is 1.88. The minimum Gasteiger partial charge on any atom is -0.437 e. The minimum absolute atomic E-state index is 0.123. The van der Waals surface area contributed by atoms with Crippen LogP contribution in [-0.2, 0) is 11.2 Å². The van der Waals surface area contributed by atoms with Crippen molar-refractivity contribution >= 4 is 17.7 Å². The second-order valence-corrected chi connectivity index (χ2v) is 8.55. The van der Waals surface area contributed by atoms with E-state index >= 15 is 0 Å². The van der Waals surface area contributed by atoms with Gasteiger partial charge in [-0.25, -0.2) is 4.98 Å². The lowest BCUT2D eigenvalue weighted by molar-refractivity contribution is -0.127. The maximum absolute atomic E-state index is 12.8. The fourth-order valence-electron chi connectivity index (χ4n) is 4.21. The van der Waals surface area contributed by atoms with Gasteiger partial charge >= 0.3 is 0 Å². The molecule has 0 unspecified atom stereocenters. The summed E-state index contributed by atoms with van der Waals surface area (Å²) in [4.78, 5) is 23.3. The van der Waals surface area contributed by atoms with E-state index in [9.17, 15) is 4.79 Å². The van der Waals surface area contributed by atoms with E-state index in [-0.39, 0.29) is 11.9 Å². The number of rotatable bonds is 4. The number of thioether (sulfide) groups is 1. The third kappa shape index (κ3) is 3.33. The molecule has 2 aliphatic rings. The predicted molar refractivity (Wildman–Crippen MR) is 107 cm³/mol. The number of aromatic nitrogens is 5. The van der Waals surface area contributed by atoms with Crippen molar-refractivity contribution < 1.29 is 9.21 Å². The lowest BCUT2D eigenvalue weighted by Gasteiger charge is -2.27. The van der Waals surface area contributed by atoms with Gasteiger partial charge in [-0.1, -0.05) is 11.8 Å². The van der Waals surface area contributed by atoms with Crippen LogP contribution in [0.25, 0.3) is 11.4 Å². The Labute approximate surface area is 172 Å². The number of oxazole rings is 1. The molecule has 1 amide bonds. The molecule has 2 aliphatic heterocycles. The summed E-state index contributed by atoms with van der Waals surface area (Å²) in [7, 11) is 0. The molecule has 1 saturated heterocycles. The molecule has 29 heavy (non-hydrogen) atoms. The van der Waals surface area contributed by atoms with Gasteiger partial charge in [-0.2, -0.15) is 0 Å². The molecule has 0 bridgehead atoms. The van der Waals surface area contributed by atoms with Crippen LogP contribution in [-0.4, -0.2) is 54.4 Å². The van der Waals surface area contributed by atoms with Crippen LogP contribution >= 0.6 is 11.8 Å². The standard InChI is InChI=1S/C20H22N6O2S/c1-12-13(2)28-20(22-12)29-11-18(27)25-9-15-3-4-17-23-24-19(26(17)16(15)10-25)14-5-7-21-8-6-14/h5-8,15-16H,3-4,9-11H2,1-2H3/t15-,16+/m1/s1. The van der Waals surface area contributed by atoms with Crippen LogP contribution in [0.5, 0.6) is 0 Å². The Balaban J connectivity index is 1.32. The van der Waals surface area contributed by atoms with Crippen molar-refractivity contribution in [3.63, 3.8) is 0 Å². The van der Waals surface area contributed by atoms with Gasteiger partial charge in [0.1, 0.15) is 11.6 Å². The van der Waals surface area contributed by atoms with E-state index in [1.807, 2.05) is 30.9 Å². The zero-order valence-electron chi connectivity index (χ0n) is 16.4. The maximum atomic E-state index is 12.8. The topological polar surface area (TPSA) is 89.9 Å². The summed E-state index contributed by atoms with van der Waals surface area (Å²) in [5.74, 6) is 3.57. The van der Waals surface area contributed by atoms with E-state index in [0.717, 1.165) is 48.1 Å². The first kappa shape index (κ1) is 18.4. The van der Waals surface area contributed by atoms with Crippen molar-refractivity contribution in [1.82, 2.24) is 29.6 Å². The molecule has 3 aromatic rings. The van der Waals surface area contributed by atoms with Crippen molar-refractivity contribution in [3.8, 4) is 11.4 Å². The highest BCUT2D eigenvalue weighted by molar-refractivity contribution is 7.99. The molecule has 5 heterocycles. The molecular weight excluding hydrogens is 388 g/mol. The smallest absolute Gasteiger partial charge is 0.256 e. The number of pyridine rings is 1. The first-order valence-corrected chi connectivity index (χ1v) is 10.8. The molecule has 0 aromatic carbocycles. The highest BCUT2D eigenvalue weighted by Gasteiger charge is 2.41. The number of hydrogen-bond acceptors (Lipinski definition) is 7. The van der Waals surface area contributed by atoms with Crippen LogP contribution in [0, 0.1) is 19.8 Å². The van der Waals surface area contributed by atoms with Gasteiger partial charge in [-0.3, -0.25) is 9.78 Å². The minimum atomic E-state index is 0.123. The molecule has 0 N–H and O–H groups in total. The maximum Gasteiger partial charge on any atom is 0.256 e. The van der Waals surface area contributed by atoms with E-state index in [1.165, 1.54) is 11.8 Å². The van der Waals surface area contributed by atoms with Crippen LogP contribution in [0.4, 0.5) is 0 Å². The molecule has 9 heteroatoms. The Kier molecular flexibility index (Phi) is 4.61. The molecule has 150 valence electrons. The van der Waals surface area contributed by atoms with Gasteiger partial charge in [0.25, 0.3) is 5.22 Å². The highest BCUT2D eigenvalue weighted by atomic mass is 32.2. The van der Waals surface area contributed by atoms with Crippen molar-refractivity contribution in [2.24, 2.45) is 5.92 Å². The molecule has 0 aliphatic carbocycles. The first-order chi connectivity index (χ1) is 14.1. The Bertz CT molecular complexity index is 1030. The number of likely N-dealkylation sites (tertiary alicyclic amines) is 1. The van der Waals surface area contributed by atoms with Crippen molar-refractivity contribution in [2.75, 3.05) is 18.8 Å². The Hall–Kier alpha value is -2.68. The summed E-state index contributed by atoms with van der Waals surface area (Å²) in [6.45, 7) is 5.27. The van der Waals surface area contributed by atoms with Gasteiger partial charge in [-0.15, -0.1) is 10.2 Å². The number of hydrogen-bond donors (Lipinski definition) is 0. The van der Waals surface area contributed by atoms with E-state index in [4.69, 9.17) is 4.42 Å². The van der Waals surface area contributed by atoms with Crippen LogP contribution in [0.2, 0.25) is 0 Å². The predicted octanol–water partition coefficient (Wildman–Crippen LogP) is 2.68. The number of aryl methyl sites for hydroxylation is 3. The van der Waals surface area contributed by atoms with E-state index in [1.54, 1.807) is 12.4 Å². The molecular formula is C20H22N6O2S. The number of carbonyl (C=O) groups is 1. The van der Waals surface area contributed by atoms with Crippen molar-refractivity contribution in [2.45, 2.75) is 38.0 Å². The summed E-state index contributed by atoms with van der Waals surface area (Å²) in [6, 6.07) is 4.13. The molecule has 1 fully saturated rings. The summed E-state index contributed by atoms with van der Waals surface area (Å²) >= 11 is 1.36. The fourth-order valence-corrected chi connectivity index (χ4v) is 5.02. The van der Waals surface area contributed by atoms with Gasteiger partial charge < -0.3 is 13.9 Å². The van der Waals surface area contributed by atoms with Gasteiger partial charge in [0, 0.05) is 37.5 Å². The lowest BCUT2D eigenvalue weighted by atomic mass is 9.93. The van der Waals surface area contributed by atoms with Crippen LogP contribution in [0.1, 0.15) is 29.7 Å². The molecule has 8 nitrogen and oxygen atoms in total. The Morgan fingerprint density at radius 1 is 1.24 bits per heavy atom. The summed E-state index contributed by atoms with van der Waals surface area (Å²) < 4.78 is 7.82. The van der Waals surface area contributed by atoms with E-state index < -0.39 is 0 Å². The van der Waals surface area contributed by atoms with Gasteiger partial charge in [0.2, 0.25) is 5.91 Å². The largest absolute Gasteiger partial charge is 0.437 e. The quantitative estimate of drug-likeness (QED) is 0.611. The number of carbonyl (C=O) groups excluding carboxylic acids is 1. The highest BCUT2D eigenvalue weighted by Crippen LogP contribution is 2.39. The normalized spacial score (nSPS) is 20.6. The van der Waals surface area contributed by atoms with Gasteiger partial charge in [0.15, 0.2) is 5.82 Å². The van der Waals surface area contributed by atoms with Crippen LogP contribution < -0.4 is 0 Å². The second kappa shape index (κ2) is 7.29. The summed E-state index contributed by atoms with van der Waals surface area (Å²) in [5, 5.41) is 9.42. The second-order valence-electron chi connectivity index (χ2n) is 7.62. The molecule has 0 spiro atoms. The van der Waals surface area contributed by atoms with Crippen molar-refractivity contribution in [1.29, 1.82) is 0 Å². The molecule has 0 saturated carbocycles. The Morgan fingerprint density at radius 3 is 2.83 bits per heavy atom. The van der Waals surface area contributed by atoms with Gasteiger partial charge in [-0.05, 0) is 38.3 Å². The average molecular weight is 411 g/mol. The van der Waals surface area contributed by atoms with Gasteiger partial charge in [0.05, 0.1) is 17.5 Å².